The lowest BCUT2D eigenvalue weighted by Gasteiger charge is -2.18. The highest BCUT2D eigenvalue weighted by atomic mass is 16.6. The number of hydrogen-bond donors (Lipinski definition) is 0. The number of allylic oxidation sites excluding steroid dienone is 17. The van der Waals surface area contributed by atoms with Crippen molar-refractivity contribution >= 4 is 17.9 Å². The lowest BCUT2D eigenvalue weighted by molar-refractivity contribution is -0.166. The molecule has 1 unspecified atom stereocenters. The van der Waals surface area contributed by atoms with Crippen LogP contribution in [0.3, 0.4) is 0 Å². The predicted molar refractivity (Wildman–Crippen MR) is 260 cm³/mol. The van der Waals surface area contributed by atoms with Crippen LogP contribution in [0, 0.1) is 0 Å². The maximum absolute atomic E-state index is 12.8. The van der Waals surface area contributed by atoms with Crippen LogP contribution >= 0.6 is 0 Å². The van der Waals surface area contributed by atoms with Gasteiger partial charge in [-0.15, -0.1) is 0 Å². The highest BCUT2D eigenvalue weighted by Crippen LogP contribution is 2.13. The first-order valence-electron chi connectivity index (χ1n) is 24.5. The molecule has 344 valence electrons. The van der Waals surface area contributed by atoms with E-state index in [9.17, 15) is 14.4 Å². The second-order valence-corrected chi connectivity index (χ2v) is 15.8. The summed E-state index contributed by atoms with van der Waals surface area (Å²) in [7, 11) is 0. The van der Waals surface area contributed by atoms with E-state index < -0.39 is 12.1 Å². The summed E-state index contributed by atoms with van der Waals surface area (Å²) in [5.74, 6) is -1.09. The highest BCUT2D eigenvalue weighted by Gasteiger charge is 2.19. The number of unbranched alkanes of at least 4 members (excludes halogenated alkanes) is 18. The Labute approximate surface area is 374 Å². The fraction of sp³-hybridized carbons (Fsp3) is 0.618. The van der Waals surface area contributed by atoms with Gasteiger partial charge in [0.15, 0.2) is 6.10 Å². The van der Waals surface area contributed by atoms with E-state index in [1.54, 1.807) is 6.08 Å². The molecule has 0 aromatic carbocycles. The molecule has 0 bridgehead atoms. The molecule has 6 heteroatoms. The molecule has 0 rings (SSSR count). The molecule has 0 spiro atoms. The van der Waals surface area contributed by atoms with E-state index in [0.29, 0.717) is 12.8 Å². The number of carbonyl (C=O) groups excluding carboxylic acids is 3. The molecular weight excluding hydrogens is 757 g/mol. The van der Waals surface area contributed by atoms with E-state index in [0.717, 1.165) is 96.3 Å². The summed E-state index contributed by atoms with van der Waals surface area (Å²) < 4.78 is 16.6. The number of carbonyl (C=O) groups is 3. The van der Waals surface area contributed by atoms with Crippen LogP contribution in [0.25, 0.3) is 0 Å². The molecule has 0 heterocycles. The molecule has 0 aromatic rings. The van der Waals surface area contributed by atoms with Gasteiger partial charge in [0.25, 0.3) is 0 Å². The lowest BCUT2D eigenvalue weighted by atomic mass is 10.1. The Kier molecular flexibility index (Phi) is 45.6. The summed E-state index contributed by atoms with van der Waals surface area (Å²) >= 11 is 0. The minimum Gasteiger partial charge on any atom is -0.462 e. The van der Waals surface area contributed by atoms with E-state index in [1.165, 1.54) is 64.2 Å². The average Bonchev–Trinajstić information content (AvgIpc) is 3.26. The van der Waals surface area contributed by atoms with Gasteiger partial charge in [-0.2, -0.15) is 0 Å². The maximum atomic E-state index is 12.8. The van der Waals surface area contributed by atoms with Crippen molar-refractivity contribution in [2.24, 2.45) is 0 Å². The second kappa shape index (κ2) is 48.7. The quantitative estimate of drug-likeness (QED) is 0.0200. The minimum absolute atomic E-state index is 0.124. The molecule has 6 nitrogen and oxygen atoms in total. The monoisotopic (exact) mass is 845 g/mol. The first kappa shape index (κ1) is 57.1. The molecule has 0 fully saturated rings. The zero-order valence-corrected chi connectivity index (χ0v) is 39.1. The van der Waals surface area contributed by atoms with Crippen LogP contribution in [0.1, 0.15) is 201 Å². The van der Waals surface area contributed by atoms with E-state index in [-0.39, 0.29) is 31.6 Å². The third-order valence-corrected chi connectivity index (χ3v) is 9.87. The van der Waals surface area contributed by atoms with E-state index in [4.69, 9.17) is 14.2 Å². The molecule has 0 aliphatic rings. The lowest BCUT2D eigenvalue weighted by Crippen LogP contribution is -2.30. The van der Waals surface area contributed by atoms with Gasteiger partial charge >= 0.3 is 17.9 Å². The minimum atomic E-state index is -0.829. The van der Waals surface area contributed by atoms with Crippen molar-refractivity contribution in [3.63, 3.8) is 0 Å². The smallest absolute Gasteiger partial charge is 0.309 e. The summed E-state index contributed by atoms with van der Waals surface area (Å²) in [5.41, 5.74) is 0. The van der Waals surface area contributed by atoms with Crippen LogP contribution in [0.5, 0.6) is 0 Å². The third-order valence-electron chi connectivity index (χ3n) is 9.87. The number of rotatable bonds is 42. The summed E-state index contributed by atoms with van der Waals surface area (Å²) in [4.78, 5) is 37.8. The second-order valence-electron chi connectivity index (χ2n) is 15.8. The molecule has 0 saturated carbocycles. The van der Waals surface area contributed by atoms with Crippen molar-refractivity contribution in [2.45, 2.75) is 207 Å². The van der Waals surface area contributed by atoms with E-state index in [2.05, 4.69) is 81.5 Å². The van der Waals surface area contributed by atoms with E-state index in [1.807, 2.05) is 42.5 Å². The van der Waals surface area contributed by atoms with Gasteiger partial charge in [-0.25, -0.2) is 0 Å². The summed E-state index contributed by atoms with van der Waals surface area (Å²) in [6.45, 7) is 6.28. The van der Waals surface area contributed by atoms with Crippen LogP contribution in [-0.2, 0) is 28.6 Å². The Morgan fingerprint density at radius 1 is 0.377 bits per heavy atom. The molecular formula is C55H88O6. The van der Waals surface area contributed by atoms with Gasteiger partial charge in [0, 0.05) is 12.8 Å². The van der Waals surface area contributed by atoms with Crippen molar-refractivity contribution < 1.29 is 28.6 Å². The summed E-state index contributed by atoms with van der Waals surface area (Å²) in [6, 6.07) is 0. The molecule has 0 aliphatic carbocycles. The Hall–Kier alpha value is -3.93. The van der Waals surface area contributed by atoms with Crippen LogP contribution in [0.15, 0.2) is 109 Å². The van der Waals surface area contributed by atoms with Crippen molar-refractivity contribution in [3.05, 3.63) is 109 Å². The molecule has 61 heavy (non-hydrogen) atoms. The standard InChI is InChI=1S/C55H88O6/c1-4-7-10-13-16-19-21-23-25-27-28-30-31-33-36-39-42-45-48-54(57)60-51-52(50-59-53(56)47-44-41-38-35-18-15-12-9-6-3)61-55(58)49-46-43-40-37-34-32-29-26-24-22-20-17-14-11-8-5-2/h9-10,12-13,16,18-19,21,23,25-30,35,41,44,52H,4-8,11,14-15,17,20,22,24,31-34,36-40,42-43,45-51H2,1-3H3/b12-9-,13-10-,19-16-,23-21-,27-25-,29-26-,30-28-,35-18-,44-41-. The average molecular weight is 845 g/mol. The number of esters is 3. The van der Waals surface area contributed by atoms with Crippen LogP contribution in [0.2, 0.25) is 0 Å². The number of ether oxygens (including phenoxy) is 3. The van der Waals surface area contributed by atoms with Crippen LogP contribution < -0.4 is 0 Å². The Morgan fingerprint density at radius 3 is 1.34 bits per heavy atom. The first-order valence-corrected chi connectivity index (χ1v) is 24.5. The summed E-state index contributed by atoms with van der Waals surface area (Å²) in [6.07, 6.45) is 65.3. The molecule has 0 amide bonds. The molecule has 0 aliphatic heterocycles. The van der Waals surface area contributed by atoms with Crippen molar-refractivity contribution in [3.8, 4) is 0 Å². The third kappa shape index (κ3) is 47.0. The van der Waals surface area contributed by atoms with Gasteiger partial charge in [0.2, 0.25) is 0 Å². The van der Waals surface area contributed by atoms with Gasteiger partial charge in [0.1, 0.15) is 13.2 Å². The number of hydrogen-bond acceptors (Lipinski definition) is 6. The predicted octanol–water partition coefficient (Wildman–Crippen LogP) is 16.0. The van der Waals surface area contributed by atoms with Crippen LogP contribution in [-0.4, -0.2) is 37.2 Å². The fourth-order valence-electron chi connectivity index (χ4n) is 6.23. The first-order chi connectivity index (χ1) is 30.0. The van der Waals surface area contributed by atoms with E-state index >= 15 is 0 Å². The zero-order valence-electron chi connectivity index (χ0n) is 39.1. The largest absolute Gasteiger partial charge is 0.462 e. The zero-order chi connectivity index (χ0) is 44.4. The highest BCUT2D eigenvalue weighted by molar-refractivity contribution is 5.72. The molecule has 0 N–H and O–H groups in total. The van der Waals surface area contributed by atoms with Crippen molar-refractivity contribution in [1.29, 1.82) is 0 Å². The van der Waals surface area contributed by atoms with Gasteiger partial charge in [0.05, 0.1) is 6.42 Å². The Bertz CT molecular complexity index is 1290. The fourth-order valence-corrected chi connectivity index (χ4v) is 6.23. The molecule has 0 radical (unpaired) electrons. The Balaban J connectivity index is 4.48. The summed E-state index contributed by atoms with van der Waals surface area (Å²) in [5, 5.41) is 0. The van der Waals surface area contributed by atoms with Crippen LogP contribution in [0.4, 0.5) is 0 Å². The van der Waals surface area contributed by atoms with Crippen molar-refractivity contribution in [2.75, 3.05) is 13.2 Å². The molecule has 1 atom stereocenters. The normalized spacial score (nSPS) is 13.0. The maximum Gasteiger partial charge on any atom is 0.309 e. The van der Waals surface area contributed by atoms with Gasteiger partial charge in [-0.3, -0.25) is 14.4 Å². The van der Waals surface area contributed by atoms with Gasteiger partial charge < -0.3 is 14.2 Å². The molecule has 0 aromatic heterocycles. The van der Waals surface area contributed by atoms with Gasteiger partial charge in [-0.1, -0.05) is 214 Å². The van der Waals surface area contributed by atoms with Crippen molar-refractivity contribution in [1.82, 2.24) is 0 Å². The Morgan fingerprint density at radius 2 is 0.803 bits per heavy atom. The molecule has 0 saturated heterocycles. The van der Waals surface area contributed by atoms with Gasteiger partial charge in [-0.05, 0) is 77.0 Å². The topological polar surface area (TPSA) is 78.9 Å². The SMILES string of the molecule is CC/C=C\C/C=C\C/C=C\CC(=O)OCC(COC(=O)CCCCCCC\C=C/C=C\C=C/C=C\C=C/CCC)OC(=O)CCCCCCC/C=C\CCCCCCCCC.